The number of hydrogen-bond acceptors (Lipinski definition) is 3. The van der Waals surface area contributed by atoms with Crippen molar-refractivity contribution in [1.29, 1.82) is 0 Å². The Morgan fingerprint density at radius 3 is 2.66 bits per heavy atom. The fourth-order valence-corrected chi connectivity index (χ4v) is 2.90. The van der Waals surface area contributed by atoms with Gasteiger partial charge < -0.3 is 20.7 Å². The van der Waals surface area contributed by atoms with Crippen molar-refractivity contribution < 1.29 is 9.53 Å². The largest absolute Gasteiger partial charge is 0.484 e. The third-order valence-electron chi connectivity index (χ3n) is 4.51. The van der Waals surface area contributed by atoms with Crippen LogP contribution in [0.4, 0.5) is 0 Å². The summed E-state index contributed by atoms with van der Waals surface area (Å²) in [5.41, 5.74) is 2.26. The molecule has 7 heteroatoms. The highest BCUT2D eigenvalue weighted by Crippen LogP contribution is 2.18. The van der Waals surface area contributed by atoms with Gasteiger partial charge in [0.15, 0.2) is 12.6 Å². The van der Waals surface area contributed by atoms with Crippen LogP contribution in [-0.4, -0.2) is 38.1 Å². The summed E-state index contributed by atoms with van der Waals surface area (Å²) in [6, 6.07) is 15.9. The van der Waals surface area contributed by atoms with E-state index in [9.17, 15) is 4.79 Å². The van der Waals surface area contributed by atoms with Crippen molar-refractivity contribution in [2.45, 2.75) is 31.8 Å². The summed E-state index contributed by atoms with van der Waals surface area (Å²) in [6.45, 7) is 1.41. The van der Waals surface area contributed by atoms with E-state index in [4.69, 9.17) is 16.3 Å². The van der Waals surface area contributed by atoms with E-state index in [1.54, 1.807) is 7.05 Å². The number of carbonyl (C=O) groups excluding carboxylic acids is 1. The number of ether oxygens (including phenoxy) is 1. The maximum atomic E-state index is 11.7. The summed E-state index contributed by atoms with van der Waals surface area (Å²) in [4.78, 5) is 16.0. The molecule has 0 bridgehead atoms. The lowest BCUT2D eigenvalue weighted by Gasteiger charge is -2.13. The van der Waals surface area contributed by atoms with Gasteiger partial charge >= 0.3 is 0 Å². The Morgan fingerprint density at radius 2 is 1.93 bits per heavy atom. The highest BCUT2D eigenvalue weighted by molar-refractivity contribution is 6.30. The topological polar surface area (TPSA) is 74.8 Å². The first-order chi connectivity index (χ1) is 14.1. The van der Waals surface area contributed by atoms with Crippen LogP contribution in [0.2, 0.25) is 5.02 Å². The van der Waals surface area contributed by atoms with Gasteiger partial charge in [0.05, 0.1) is 0 Å². The van der Waals surface area contributed by atoms with Crippen LogP contribution in [-0.2, 0) is 17.8 Å². The molecule has 0 atom stereocenters. The highest BCUT2D eigenvalue weighted by atomic mass is 35.5. The Hall–Kier alpha value is -2.73. The summed E-state index contributed by atoms with van der Waals surface area (Å²) in [5, 5.41) is 10.3. The van der Waals surface area contributed by atoms with E-state index in [2.05, 4.69) is 20.9 Å². The molecule has 154 valence electrons. The van der Waals surface area contributed by atoms with Gasteiger partial charge in [0.25, 0.3) is 5.91 Å². The summed E-state index contributed by atoms with van der Waals surface area (Å²) in [6.07, 6.45) is 3.02. The highest BCUT2D eigenvalue weighted by Gasteiger charge is 2.23. The molecule has 3 N–H and O–H groups in total. The molecule has 0 spiro atoms. The number of aliphatic imine (C=N–C) groups is 1. The second-order valence-electron chi connectivity index (χ2n) is 7.01. The average molecular weight is 415 g/mol. The maximum Gasteiger partial charge on any atom is 0.258 e. The second kappa shape index (κ2) is 10.7. The lowest BCUT2D eigenvalue weighted by molar-refractivity contribution is -0.123. The molecule has 3 rings (SSSR count). The van der Waals surface area contributed by atoms with E-state index in [-0.39, 0.29) is 12.5 Å². The minimum atomic E-state index is -0.0682. The van der Waals surface area contributed by atoms with Crippen LogP contribution < -0.4 is 20.7 Å². The zero-order valence-corrected chi connectivity index (χ0v) is 17.3. The third-order valence-corrected chi connectivity index (χ3v) is 4.77. The summed E-state index contributed by atoms with van der Waals surface area (Å²) < 4.78 is 5.60. The zero-order chi connectivity index (χ0) is 20.5. The normalized spacial score (nSPS) is 13.7. The molecule has 2 aromatic rings. The fraction of sp³-hybridized carbons (Fsp3) is 0.364. The van der Waals surface area contributed by atoms with Crippen LogP contribution in [0, 0.1) is 0 Å². The van der Waals surface area contributed by atoms with E-state index >= 15 is 0 Å². The molecular weight excluding hydrogens is 388 g/mol. The number of hydrogen-bond donors (Lipinski definition) is 3. The number of rotatable bonds is 9. The predicted molar refractivity (Wildman–Crippen MR) is 116 cm³/mol. The number of guanidine groups is 1. The van der Waals surface area contributed by atoms with Crippen molar-refractivity contribution in [3.63, 3.8) is 0 Å². The van der Waals surface area contributed by atoms with Gasteiger partial charge in [0.1, 0.15) is 5.75 Å². The number of nitrogens with zero attached hydrogens (tertiary/aromatic N) is 1. The Morgan fingerprint density at radius 1 is 1.14 bits per heavy atom. The molecular formula is C22H27ClN4O2. The first kappa shape index (κ1) is 21.0. The van der Waals surface area contributed by atoms with Crippen molar-refractivity contribution in [1.82, 2.24) is 16.0 Å². The number of amides is 1. The van der Waals surface area contributed by atoms with Crippen LogP contribution in [0.1, 0.15) is 24.0 Å². The zero-order valence-electron chi connectivity index (χ0n) is 16.6. The van der Waals surface area contributed by atoms with Crippen molar-refractivity contribution in [3.8, 4) is 5.75 Å². The van der Waals surface area contributed by atoms with Gasteiger partial charge in [0, 0.05) is 31.2 Å². The molecule has 1 aliphatic carbocycles. The first-order valence-electron chi connectivity index (χ1n) is 9.82. The summed E-state index contributed by atoms with van der Waals surface area (Å²) >= 11 is 5.91. The molecule has 0 unspecified atom stereocenters. The summed E-state index contributed by atoms with van der Waals surface area (Å²) in [7, 11) is 1.75. The number of benzene rings is 2. The smallest absolute Gasteiger partial charge is 0.258 e. The van der Waals surface area contributed by atoms with E-state index in [1.165, 1.54) is 5.56 Å². The quantitative estimate of drug-likeness (QED) is 0.435. The average Bonchev–Trinajstić information content (AvgIpc) is 3.54. The minimum absolute atomic E-state index is 0.0430. The lowest BCUT2D eigenvalue weighted by atomic mass is 10.1. The van der Waals surface area contributed by atoms with Gasteiger partial charge in [-0.15, -0.1) is 0 Å². The molecule has 1 fully saturated rings. The lowest BCUT2D eigenvalue weighted by Crippen LogP contribution is -2.37. The molecule has 29 heavy (non-hydrogen) atoms. The van der Waals surface area contributed by atoms with E-state index < -0.39 is 0 Å². The van der Waals surface area contributed by atoms with E-state index in [0.29, 0.717) is 18.3 Å². The molecule has 1 aliphatic rings. The van der Waals surface area contributed by atoms with Crippen LogP contribution >= 0.6 is 11.6 Å². The molecule has 2 aromatic carbocycles. The first-order valence-corrected chi connectivity index (χ1v) is 10.2. The summed E-state index contributed by atoms with van der Waals surface area (Å²) in [5.74, 6) is 1.34. The van der Waals surface area contributed by atoms with Gasteiger partial charge in [-0.05, 0) is 54.7 Å². The van der Waals surface area contributed by atoms with Gasteiger partial charge in [0.2, 0.25) is 0 Å². The third kappa shape index (κ3) is 7.66. The SMILES string of the molecule is CN=C(NCCc1ccc(Cl)cc1)NCc1cccc(OCC(=O)NC2CC2)c1. The molecule has 0 radical (unpaired) electrons. The van der Waals surface area contributed by atoms with Gasteiger partial charge in [-0.3, -0.25) is 9.79 Å². The van der Waals surface area contributed by atoms with Crippen molar-refractivity contribution in [3.05, 3.63) is 64.7 Å². The molecule has 0 aromatic heterocycles. The van der Waals surface area contributed by atoms with Gasteiger partial charge in [-0.25, -0.2) is 0 Å². The van der Waals surface area contributed by atoms with Crippen molar-refractivity contribution in [2.24, 2.45) is 4.99 Å². The molecule has 0 aliphatic heterocycles. The van der Waals surface area contributed by atoms with Crippen LogP contribution in [0.5, 0.6) is 5.75 Å². The van der Waals surface area contributed by atoms with E-state index in [1.807, 2.05) is 48.5 Å². The fourth-order valence-electron chi connectivity index (χ4n) is 2.77. The number of halogens is 1. The molecule has 0 heterocycles. The standard InChI is InChI=1S/C22H27ClN4O2/c1-24-22(25-12-11-16-5-7-18(23)8-6-16)26-14-17-3-2-4-20(13-17)29-15-21(28)27-19-9-10-19/h2-8,13,19H,9-12,14-15H2,1H3,(H,27,28)(H2,24,25,26). The van der Waals surface area contributed by atoms with Crippen molar-refractivity contribution in [2.75, 3.05) is 20.2 Å². The predicted octanol–water partition coefficient (Wildman–Crippen LogP) is 2.91. The Kier molecular flexibility index (Phi) is 7.76. The number of carbonyl (C=O) groups is 1. The van der Waals surface area contributed by atoms with E-state index in [0.717, 1.165) is 42.4 Å². The number of nitrogens with one attached hydrogen (secondary N) is 3. The minimum Gasteiger partial charge on any atom is -0.484 e. The molecule has 6 nitrogen and oxygen atoms in total. The Bertz CT molecular complexity index is 835. The Labute approximate surface area is 176 Å². The van der Waals surface area contributed by atoms with Crippen LogP contribution in [0.3, 0.4) is 0 Å². The van der Waals surface area contributed by atoms with Crippen LogP contribution in [0.25, 0.3) is 0 Å². The molecule has 0 saturated heterocycles. The van der Waals surface area contributed by atoms with Gasteiger partial charge in [-0.2, -0.15) is 0 Å². The van der Waals surface area contributed by atoms with Crippen molar-refractivity contribution >= 4 is 23.5 Å². The monoisotopic (exact) mass is 414 g/mol. The van der Waals surface area contributed by atoms with Crippen LogP contribution in [0.15, 0.2) is 53.5 Å². The Balaban J connectivity index is 1.40. The van der Waals surface area contributed by atoms with Gasteiger partial charge in [-0.1, -0.05) is 35.9 Å². The second-order valence-corrected chi connectivity index (χ2v) is 7.44. The maximum absolute atomic E-state index is 11.7. The molecule has 1 amide bonds. The molecule has 1 saturated carbocycles.